The highest BCUT2D eigenvalue weighted by Gasteiger charge is 2.24. The van der Waals surface area contributed by atoms with Gasteiger partial charge in [-0.1, -0.05) is 42.0 Å². The van der Waals surface area contributed by atoms with Gasteiger partial charge in [0.25, 0.3) is 14.1 Å². The van der Waals surface area contributed by atoms with Gasteiger partial charge in [0.15, 0.2) is 0 Å². The second-order valence-corrected chi connectivity index (χ2v) is 7.87. The zero-order chi connectivity index (χ0) is 8.81. The zero-order valence-electron chi connectivity index (χ0n) is 8.60. The smallest absolute Gasteiger partial charge is 0.265 e. The molecule has 1 aliphatic heterocycles. The van der Waals surface area contributed by atoms with Crippen LogP contribution < -0.4 is 5.32 Å². The molecule has 2 heteroatoms. The summed E-state index contributed by atoms with van der Waals surface area (Å²) >= 11 is -0.334. The van der Waals surface area contributed by atoms with E-state index in [9.17, 15) is 0 Å². The molecule has 1 nitrogen and oxygen atoms in total. The van der Waals surface area contributed by atoms with Crippen molar-refractivity contribution in [3.8, 4) is 0 Å². The second kappa shape index (κ2) is 6.02. The first-order valence-corrected chi connectivity index (χ1v) is 7.89. The Kier molecular flexibility index (Phi) is 5.31. The van der Waals surface area contributed by atoms with Crippen LogP contribution in [0.25, 0.3) is 0 Å². The molecular weight excluding hydrogens is 161 g/mol. The van der Waals surface area contributed by atoms with Crippen LogP contribution in [-0.4, -0.2) is 27.2 Å². The third kappa shape index (κ3) is 3.09. The first-order valence-electron chi connectivity index (χ1n) is 5.59. The molecule has 1 saturated heterocycles. The number of nitrogens with one attached hydrogen (secondary N) is 1. The van der Waals surface area contributed by atoms with E-state index in [0.29, 0.717) is 0 Å². The fraction of sp³-hybridized carbons (Fsp3) is 1.00. The highest BCUT2D eigenvalue weighted by atomic mass is 27.2. The standard InChI is InChI=1S/C8H17N.C2H5.Al/c1-3-5-6-8-9-7-4-2;1-2;/h5,9H,2-4,6-8H2,1H3;1H2,2H3;. The van der Waals surface area contributed by atoms with Crippen LogP contribution in [0.15, 0.2) is 0 Å². The van der Waals surface area contributed by atoms with E-state index in [2.05, 4.69) is 19.2 Å². The van der Waals surface area contributed by atoms with Crippen LogP contribution in [-0.2, 0) is 0 Å². The van der Waals surface area contributed by atoms with Gasteiger partial charge in [0.1, 0.15) is 0 Å². The van der Waals surface area contributed by atoms with Crippen LogP contribution >= 0.6 is 0 Å². The molecule has 1 heterocycles. The topological polar surface area (TPSA) is 12.0 Å². The highest BCUT2D eigenvalue weighted by Crippen LogP contribution is 2.26. The molecule has 0 aromatic rings. The van der Waals surface area contributed by atoms with E-state index in [4.69, 9.17) is 0 Å². The van der Waals surface area contributed by atoms with Gasteiger partial charge in [-0.2, -0.15) is 0 Å². The molecule has 1 rings (SSSR count). The van der Waals surface area contributed by atoms with Gasteiger partial charge in [-0.25, -0.2) is 0 Å². The summed E-state index contributed by atoms with van der Waals surface area (Å²) < 4.78 is 1.13. The van der Waals surface area contributed by atoms with Crippen molar-refractivity contribution in [1.82, 2.24) is 5.32 Å². The molecule has 1 N–H and O–H groups in total. The predicted octanol–water partition coefficient (Wildman–Crippen LogP) is 2.66. The molecule has 1 atom stereocenters. The van der Waals surface area contributed by atoms with Crippen molar-refractivity contribution in [2.24, 2.45) is 0 Å². The lowest BCUT2D eigenvalue weighted by molar-refractivity contribution is 0.581. The Morgan fingerprint density at radius 1 is 1.33 bits per heavy atom. The van der Waals surface area contributed by atoms with Crippen LogP contribution in [0.5, 0.6) is 0 Å². The van der Waals surface area contributed by atoms with Crippen LogP contribution in [0.2, 0.25) is 15.3 Å². The van der Waals surface area contributed by atoms with Gasteiger partial charge in [-0.3, -0.25) is 0 Å². The summed E-state index contributed by atoms with van der Waals surface area (Å²) in [6, 6.07) is 0. The first-order chi connectivity index (χ1) is 5.88. The Labute approximate surface area is 81.3 Å². The molecule has 0 aromatic heterocycles. The van der Waals surface area contributed by atoms with E-state index in [1.54, 1.807) is 5.28 Å². The van der Waals surface area contributed by atoms with E-state index in [0.717, 1.165) is 4.78 Å². The molecule has 0 aliphatic carbocycles. The maximum Gasteiger partial charge on any atom is 0.265 e. The molecule has 0 aromatic carbocycles. The summed E-state index contributed by atoms with van der Waals surface area (Å²) in [6.45, 7) is 7.35. The maximum atomic E-state index is 3.52. The largest absolute Gasteiger partial charge is 0.317 e. The van der Waals surface area contributed by atoms with Crippen molar-refractivity contribution < 1.29 is 0 Å². The minimum atomic E-state index is -0.334. The van der Waals surface area contributed by atoms with E-state index < -0.39 is 0 Å². The minimum Gasteiger partial charge on any atom is -0.317 e. The molecule has 0 spiro atoms. The van der Waals surface area contributed by atoms with Crippen molar-refractivity contribution in [3.63, 3.8) is 0 Å². The molecule has 0 amide bonds. The molecule has 0 bridgehead atoms. The van der Waals surface area contributed by atoms with E-state index in [1.165, 1.54) is 37.6 Å². The quantitative estimate of drug-likeness (QED) is 0.649. The van der Waals surface area contributed by atoms with Crippen LogP contribution in [0.3, 0.4) is 0 Å². The highest BCUT2D eigenvalue weighted by molar-refractivity contribution is 6.60. The molecule has 12 heavy (non-hydrogen) atoms. The molecule has 1 fully saturated rings. The van der Waals surface area contributed by atoms with Gasteiger partial charge < -0.3 is 5.32 Å². The second-order valence-electron chi connectivity index (χ2n) is 4.02. The molecule has 0 radical (unpaired) electrons. The fourth-order valence-corrected chi connectivity index (χ4v) is 6.03. The Balaban J connectivity index is 2.39. The third-order valence-electron chi connectivity index (χ3n) is 3.34. The predicted molar refractivity (Wildman–Crippen MR) is 57.2 cm³/mol. The van der Waals surface area contributed by atoms with E-state index in [1.807, 2.05) is 0 Å². The van der Waals surface area contributed by atoms with E-state index >= 15 is 0 Å². The Morgan fingerprint density at radius 2 is 2.17 bits per heavy atom. The molecular formula is C10H22AlN. The maximum absolute atomic E-state index is 3.52. The molecule has 70 valence electrons. The lowest BCUT2D eigenvalue weighted by atomic mass is 10.2. The summed E-state index contributed by atoms with van der Waals surface area (Å²) in [6.07, 6.45) is 4.34. The van der Waals surface area contributed by atoms with Crippen LogP contribution in [0.1, 0.15) is 33.1 Å². The van der Waals surface area contributed by atoms with Crippen molar-refractivity contribution in [1.29, 1.82) is 0 Å². The molecule has 1 aliphatic rings. The van der Waals surface area contributed by atoms with Crippen molar-refractivity contribution in [3.05, 3.63) is 0 Å². The summed E-state index contributed by atoms with van der Waals surface area (Å²) in [4.78, 5) is 0. The van der Waals surface area contributed by atoms with Crippen molar-refractivity contribution in [2.75, 3.05) is 13.1 Å². The third-order valence-corrected chi connectivity index (χ3v) is 7.67. The van der Waals surface area contributed by atoms with Crippen molar-refractivity contribution in [2.45, 2.75) is 48.5 Å². The van der Waals surface area contributed by atoms with Gasteiger partial charge >= 0.3 is 0 Å². The molecule has 1 unspecified atom stereocenters. The van der Waals surface area contributed by atoms with Gasteiger partial charge in [-0.15, -0.1) is 0 Å². The summed E-state index contributed by atoms with van der Waals surface area (Å²) in [5.41, 5.74) is 0. The minimum absolute atomic E-state index is 0.334. The average Bonchev–Trinajstić information content (AvgIpc) is 2.05. The summed E-state index contributed by atoms with van der Waals surface area (Å²) in [5.74, 6) is 0. The Morgan fingerprint density at radius 3 is 2.83 bits per heavy atom. The SMILES string of the molecule is CC[CH]1CCNCC[CH2][Al]1[CH2]C. The van der Waals surface area contributed by atoms with Gasteiger partial charge in [0.2, 0.25) is 0 Å². The monoisotopic (exact) mass is 183 g/mol. The Bertz CT molecular complexity index is 102. The van der Waals surface area contributed by atoms with E-state index in [-0.39, 0.29) is 14.1 Å². The number of hydrogen-bond acceptors (Lipinski definition) is 1. The van der Waals surface area contributed by atoms with Gasteiger partial charge in [-0.05, 0) is 19.5 Å². The lowest BCUT2D eigenvalue weighted by Crippen LogP contribution is -2.29. The van der Waals surface area contributed by atoms with Gasteiger partial charge in [0, 0.05) is 0 Å². The lowest BCUT2D eigenvalue weighted by Gasteiger charge is -2.24. The number of hydrogen-bond donors (Lipinski definition) is 1. The molecule has 0 saturated carbocycles. The van der Waals surface area contributed by atoms with Crippen LogP contribution in [0, 0.1) is 0 Å². The van der Waals surface area contributed by atoms with Crippen molar-refractivity contribution >= 4 is 14.1 Å². The average molecular weight is 183 g/mol. The van der Waals surface area contributed by atoms with Gasteiger partial charge in [0.05, 0.1) is 0 Å². The Hall–Kier alpha value is 0.492. The zero-order valence-corrected chi connectivity index (χ0v) is 9.76. The summed E-state index contributed by atoms with van der Waals surface area (Å²) in [5, 5.41) is 6.63. The summed E-state index contributed by atoms with van der Waals surface area (Å²) in [7, 11) is 0. The fourth-order valence-electron chi connectivity index (χ4n) is 2.45. The normalized spacial score (nSPS) is 26.5. The first kappa shape index (κ1) is 10.6. The van der Waals surface area contributed by atoms with Crippen LogP contribution in [0.4, 0.5) is 0 Å². The number of rotatable bonds is 2.